The van der Waals surface area contributed by atoms with E-state index in [0.29, 0.717) is 11.3 Å². The van der Waals surface area contributed by atoms with Crippen LogP contribution in [0.2, 0.25) is 0 Å². The molecule has 6 heteroatoms. The average Bonchev–Trinajstić information content (AvgIpc) is 2.51. The Hall–Kier alpha value is -2.08. The smallest absolute Gasteiger partial charge is 0.239 e. The third kappa shape index (κ3) is 2.58. The molecule has 0 radical (unpaired) electrons. The maximum absolute atomic E-state index is 12.5. The van der Waals surface area contributed by atoms with Gasteiger partial charge in [-0.15, -0.1) is 0 Å². The van der Waals surface area contributed by atoms with Gasteiger partial charge in [-0.2, -0.15) is 0 Å². The third-order valence-corrected chi connectivity index (χ3v) is 3.77. The molecule has 1 aromatic rings. The topological polar surface area (TPSA) is 61.8 Å². The van der Waals surface area contributed by atoms with Crippen LogP contribution >= 0.6 is 15.9 Å². The van der Waals surface area contributed by atoms with Gasteiger partial charge in [0.1, 0.15) is 10.2 Å². The Bertz CT molecular complexity index is 655. The van der Waals surface area contributed by atoms with Crippen LogP contribution in [-0.4, -0.2) is 32.9 Å². The zero-order valence-electron chi connectivity index (χ0n) is 11.7. The highest BCUT2D eigenvalue weighted by molar-refractivity contribution is 9.12. The molecule has 21 heavy (non-hydrogen) atoms. The number of ketones is 2. The molecular weight excluding hydrogens is 340 g/mol. The molecule has 0 spiro atoms. The van der Waals surface area contributed by atoms with E-state index >= 15 is 0 Å². The molecule has 0 saturated heterocycles. The van der Waals surface area contributed by atoms with Crippen molar-refractivity contribution in [2.45, 2.75) is 0 Å². The molecule has 0 aliphatic heterocycles. The van der Waals surface area contributed by atoms with Crippen molar-refractivity contribution in [1.29, 1.82) is 0 Å². The van der Waals surface area contributed by atoms with E-state index in [0.717, 1.165) is 0 Å². The van der Waals surface area contributed by atoms with Crippen LogP contribution in [0.5, 0.6) is 5.75 Å². The minimum Gasteiger partial charge on any atom is -0.497 e. The lowest BCUT2D eigenvalue weighted by atomic mass is 9.93. The van der Waals surface area contributed by atoms with Crippen molar-refractivity contribution < 1.29 is 23.8 Å². The lowest BCUT2D eigenvalue weighted by Gasteiger charge is -2.19. The largest absolute Gasteiger partial charge is 0.497 e. The first kappa shape index (κ1) is 15.3. The summed E-state index contributed by atoms with van der Waals surface area (Å²) in [6.07, 6.45) is 0. The van der Waals surface area contributed by atoms with E-state index < -0.39 is 11.6 Å². The monoisotopic (exact) mass is 352 g/mol. The second kappa shape index (κ2) is 6.13. The lowest BCUT2D eigenvalue weighted by Crippen LogP contribution is -2.23. The maximum atomic E-state index is 12.5. The van der Waals surface area contributed by atoms with Crippen LogP contribution in [0, 0.1) is 0 Å². The number of halogens is 1. The zero-order chi connectivity index (χ0) is 15.6. The molecule has 1 aliphatic rings. The van der Waals surface area contributed by atoms with Gasteiger partial charge in [0.25, 0.3) is 0 Å². The summed E-state index contributed by atoms with van der Waals surface area (Å²) in [5, 5.41) is 0. The molecule has 2 rings (SSSR count). The van der Waals surface area contributed by atoms with Crippen LogP contribution in [0.1, 0.15) is 5.56 Å². The summed E-state index contributed by atoms with van der Waals surface area (Å²) >= 11 is 3.07. The van der Waals surface area contributed by atoms with E-state index in [4.69, 9.17) is 14.2 Å². The van der Waals surface area contributed by atoms with Gasteiger partial charge in [0.15, 0.2) is 11.5 Å². The second-order valence-electron chi connectivity index (χ2n) is 4.14. The predicted octanol–water partition coefficient (Wildman–Crippen LogP) is 2.46. The number of benzene rings is 1. The maximum Gasteiger partial charge on any atom is 0.239 e. The third-order valence-electron chi connectivity index (χ3n) is 3.05. The number of Topliss-reactive ketones (excluding diaryl/α,β-unsaturated/α-hetero) is 2. The van der Waals surface area contributed by atoms with Crippen molar-refractivity contribution in [1.82, 2.24) is 0 Å². The van der Waals surface area contributed by atoms with Crippen LogP contribution in [0.4, 0.5) is 0 Å². The number of allylic oxidation sites excluding steroid dienone is 2. The van der Waals surface area contributed by atoms with Crippen molar-refractivity contribution in [3.05, 3.63) is 45.8 Å². The predicted molar refractivity (Wildman–Crippen MR) is 79.9 cm³/mol. The zero-order valence-corrected chi connectivity index (χ0v) is 13.3. The van der Waals surface area contributed by atoms with Crippen LogP contribution in [-0.2, 0) is 19.1 Å². The molecule has 0 saturated carbocycles. The molecule has 0 atom stereocenters. The summed E-state index contributed by atoms with van der Waals surface area (Å²) in [6, 6.07) is 6.77. The quantitative estimate of drug-likeness (QED) is 0.779. The van der Waals surface area contributed by atoms with Crippen molar-refractivity contribution >= 4 is 33.1 Å². The van der Waals surface area contributed by atoms with Gasteiger partial charge >= 0.3 is 0 Å². The molecule has 0 fully saturated rings. The van der Waals surface area contributed by atoms with Crippen LogP contribution < -0.4 is 4.74 Å². The molecule has 1 aliphatic carbocycles. The fourth-order valence-electron chi connectivity index (χ4n) is 2.03. The first-order valence-corrected chi connectivity index (χ1v) is 6.80. The summed E-state index contributed by atoms with van der Waals surface area (Å²) in [7, 11) is 4.24. The molecule has 0 aromatic heterocycles. The highest BCUT2D eigenvalue weighted by Gasteiger charge is 2.36. The van der Waals surface area contributed by atoms with Crippen LogP contribution in [0.25, 0.3) is 5.57 Å². The van der Waals surface area contributed by atoms with Crippen molar-refractivity contribution in [3.8, 4) is 5.75 Å². The first-order valence-electron chi connectivity index (χ1n) is 6.01. The molecule has 0 heterocycles. The summed E-state index contributed by atoms with van der Waals surface area (Å²) in [4.78, 5) is 24.7. The number of methoxy groups -OCH3 is 3. The number of rotatable bonds is 4. The minimum atomic E-state index is -0.431. The van der Waals surface area contributed by atoms with Gasteiger partial charge in [-0.05, 0) is 33.6 Å². The van der Waals surface area contributed by atoms with Gasteiger partial charge in [-0.25, -0.2) is 0 Å². The average molecular weight is 353 g/mol. The van der Waals surface area contributed by atoms with Gasteiger partial charge in [0.2, 0.25) is 11.6 Å². The SMILES string of the molecule is COC1=C(Br)C(=O)C(OC)=C(c2ccc(OC)cc2)C1=O. The van der Waals surface area contributed by atoms with E-state index in [-0.39, 0.29) is 21.6 Å². The van der Waals surface area contributed by atoms with E-state index in [1.54, 1.807) is 31.4 Å². The van der Waals surface area contributed by atoms with Gasteiger partial charge in [-0.3, -0.25) is 9.59 Å². The Labute approximate surface area is 130 Å². The van der Waals surface area contributed by atoms with Crippen LogP contribution in [0.15, 0.2) is 40.3 Å². The van der Waals surface area contributed by atoms with Crippen molar-refractivity contribution in [2.75, 3.05) is 21.3 Å². The minimum absolute atomic E-state index is 0.0159. The van der Waals surface area contributed by atoms with Gasteiger partial charge in [0, 0.05) is 0 Å². The van der Waals surface area contributed by atoms with Gasteiger partial charge in [-0.1, -0.05) is 12.1 Å². The molecule has 0 bridgehead atoms. The fourth-order valence-corrected chi connectivity index (χ4v) is 2.55. The Balaban J connectivity index is 2.59. The summed E-state index contributed by atoms with van der Waals surface area (Å²) < 4.78 is 15.3. The molecule has 1 aromatic carbocycles. The Kier molecular flexibility index (Phi) is 4.47. The van der Waals surface area contributed by atoms with Crippen molar-refractivity contribution in [2.24, 2.45) is 0 Å². The highest BCUT2D eigenvalue weighted by Crippen LogP contribution is 2.34. The van der Waals surface area contributed by atoms with Crippen molar-refractivity contribution in [3.63, 3.8) is 0 Å². The summed E-state index contributed by atoms with van der Waals surface area (Å²) in [5.41, 5.74) is 0.728. The molecule has 0 N–H and O–H groups in total. The van der Waals surface area contributed by atoms with E-state index in [1.165, 1.54) is 14.2 Å². The van der Waals surface area contributed by atoms with E-state index in [1.807, 2.05) is 0 Å². The Morgan fingerprint density at radius 3 is 1.86 bits per heavy atom. The number of hydrogen-bond donors (Lipinski definition) is 0. The highest BCUT2D eigenvalue weighted by atomic mass is 79.9. The molecular formula is C15H13BrO5. The van der Waals surface area contributed by atoms with Gasteiger partial charge < -0.3 is 14.2 Å². The number of carbonyl (C=O) groups is 2. The van der Waals surface area contributed by atoms with E-state index in [2.05, 4.69) is 15.9 Å². The van der Waals surface area contributed by atoms with E-state index in [9.17, 15) is 9.59 Å². The normalized spacial score (nSPS) is 15.4. The summed E-state index contributed by atoms with van der Waals surface area (Å²) in [5.74, 6) is -0.244. The number of hydrogen-bond acceptors (Lipinski definition) is 5. The second-order valence-corrected chi connectivity index (χ2v) is 4.94. The standard InChI is InChI=1S/C15H13BrO5/c1-19-9-6-4-8(5-7-9)10-12(17)15(21-3)11(16)13(18)14(10)20-2/h4-7H,1-3H3. The Morgan fingerprint density at radius 1 is 0.810 bits per heavy atom. The fraction of sp³-hybridized carbons (Fsp3) is 0.200. The molecule has 110 valence electrons. The lowest BCUT2D eigenvalue weighted by molar-refractivity contribution is -0.118. The Morgan fingerprint density at radius 2 is 1.38 bits per heavy atom. The molecule has 5 nitrogen and oxygen atoms in total. The molecule has 0 unspecified atom stereocenters. The number of carbonyl (C=O) groups excluding carboxylic acids is 2. The molecule has 0 amide bonds. The first-order chi connectivity index (χ1) is 10.0. The summed E-state index contributed by atoms with van der Waals surface area (Å²) in [6.45, 7) is 0. The number of ether oxygens (including phenoxy) is 3. The van der Waals surface area contributed by atoms with Gasteiger partial charge in [0.05, 0.1) is 26.9 Å². The van der Waals surface area contributed by atoms with Crippen LogP contribution in [0.3, 0.4) is 0 Å².